The molecule has 146 valence electrons. The molecule has 1 amide bonds. The number of nitrogens with zero attached hydrogens (tertiary/aromatic N) is 2. The van der Waals surface area contributed by atoms with E-state index in [-0.39, 0.29) is 11.7 Å². The van der Waals surface area contributed by atoms with Crippen LogP contribution in [0.4, 0.5) is 4.39 Å². The van der Waals surface area contributed by atoms with Crippen molar-refractivity contribution in [3.8, 4) is 11.5 Å². The molecular weight excluding hydrogens is 361 g/mol. The van der Waals surface area contributed by atoms with E-state index < -0.39 is 12.1 Å². The molecule has 2 aromatic carbocycles. The van der Waals surface area contributed by atoms with Crippen molar-refractivity contribution in [1.29, 1.82) is 0 Å². The summed E-state index contributed by atoms with van der Waals surface area (Å²) in [6.07, 6.45) is 2.72. The minimum Gasteiger partial charge on any atom is -0.497 e. The third-order valence-electron chi connectivity index (χ3n) is 4.35. The highest BCUT2D eigenvalue weighted by molar-refractivity contribution is 5.81. The molecular formula is C21H22FN3O3. The Kier molecular flexibility index (Phi) is 5.93. The van der Waals surface area contributed by atoms with Crippen LogP contribution in [0, 0.1) is 5.82 Å². The topological polar surface area (TPSA) is 65.4 Å². The van der Waals surface area contributed by atoms with E-state index in [1.54, 1.807) is 20.2 Å². The summed E-state index contributed by atoms with van der Waals surface area (Å²) in [5.41, 5.74) is 0.859. The van der Waals surface area contributed by atoms with Crippen LogP contribution in [-0.2, 0) is 11.8 Å². The molecule has 2 atom stereocenters. The van der Waals surface area contributed by atoms with Crippen molar-refractivity contribution in [3.63, 3.8) is 0 Å². The van der Waals surface area contributed by atoms with Crippen LogP contribution in [0.1, 0.15) is 24.4 Å². The number of carbonyl (C=O) groups is 1. The summed E-state index contributed by atoms with van der Waals surface area (Å²) >= 11 is 0. The molecule has 0 aliphatic heterocycles. The zero-order valence-corrected chi connectivity index (χ0v) is 15.9. The Balaban J connectivity index is 1.79. The number of ether oxygens (including phenoxy) is 2. The first-order valence-electron chi connectivity index (χ1n) is 8.81. The molecule has 0 aliphatic rings. The second-order valence-electron chi connectivity index (χ2n) is 6.33. The number of imidazole rings is 1. The number of hydrogen-bond acceptors (Lipinski definition) is 4. The summed E-state index contributed by atoms with van der Waals surface area (Å²) in [4.78, 5) is 17.1. The standard InChI is InChI=1S/C21H22FN3O3/c1-14(28-18-10-6-16(22)7-11-18)21(26)24-19(20-23-12-13-25(20)2)15-4-8-17(27-3)9-5-15/h4-14,19H,1-3H3,(H,24,26)/t14-,19+/m0/s1. The number of methoxy groups -OCH3 is 1. The van der Waals surface area contributed by atoms with Crippen molar-refractivity contribution in [1.82, 2.24) is 14.9 Å². The van der Waals surface area contributed by atoms with Gasteiger partial charge >= 0.3 is 0 Å². The fraction of sp³-hybridized carbons (Fsp3) is 0.238. The lowest BCUT2D eigenvalue weighted by atomic mass is 10.1. The zero-order valence-electron chi connectivity index (χ0n) is 15.9. The number of hydrogen-bond donors (Lipinski definition) is 1. The lowest BCUT2D eigenvalue weighted by molar-refractivity contribution is -0.127. The summed E-state index contributed by atoms with van der Waals surface area (Å²) < 4.78 is 25.7. The summed E-state index contributed by atoms with van der Waals surface area (Å²) in [5, 5.41) is 2.98. The molecule has 0 spiro atoms. The number of carbonyl (C=O) groups excluding carboxylic acids is 1. The van der Waals surface area contributed by atoms with Crippen molar-refractivity contribution >= 4 is 5.91 Å². The molecule has 0 fully saturated rings. The lowest BCUT2D eigenvalue weighted by Gasteiger charge is -2.22. The van der Waals surface area contributed by atoms with Crippen molar-refractivity contribution in [2.45, 2.75) is 19.1 Å². The third kappa shape index (κ3) is 4.49. The van der Waals surface area contributed by atoms with Gasteiger partial charge in [-0.1, -0.05) is 12.1 Å². The number of aryl methyl sites for hydroxylation is 1. The molecule has 3 rings (SSSR count). The van der Waals surface area contributed by atoms with Gasteiger partial charge in [0, 0.05) is 19.4 Å². The van der Waals surface area contributed by atoms with Crippen LogP contribution in [-0.4, -0.2) is 28.7 Å². The number of aromatic nitrogens is 2. The van der Waals surface area contributed by atoms with E-state index >= 15 is 0 Å². The van der Waals surface area contributed by atoms with E-state index in [1.807, 2.05) is 42.1 Å². The molecule has 0 saturated heterocycles. The molecule has 1 heterocycles. The Bertz CT molecular complexity index is 923. The fourth-order valence-corrected chi connectivity index (χ4v) is 2.78. The Morgan fingerprint density at radius 1 is 1.11 bits per heavy atom. The SMILES string of the molecule is COc1ccc([C@@H](NC(=O)[C@H](C)Oc2ccc(F)cc2)c2nccn2C)cc1. The van der Waals surface area contributed by atoms with Crippen LogP contribution < -0.4 is 14.8 Å². The van der Waals surface area contributed by atoms with E-state index in [4.69, 9.17) is 9.47 Å². The van der Waals surface area contributed by atoms with Crippen LogP contribution in [0.25, 0.3) is 0 Å². The van der Waals surface area contributed by atoms with Gasteiger partial charge in [0.25, 0.3) is 5.91 Å². The predicted octanol–water partition coefficient (Wildman–Crippen LogP) is 3.24. The fourth-order valence-electron chi connectivity index (χ4n) is 2.78. The van der Waals surface area contributed by atoms with Gasteiger partial charge in [0.15, 0.2) is 6.10 Å². The summed E-state index contributed by atoms with van der Waals surface area (Å²) in [5.74, 6) is 1.16. The summed E-state index contributed by atoms with van der Waals surface area (Å²) in [6.45, 7) is 1.64. The second-order valence-corrected chi connectivity index (χ2v) is 6.33. The van der Waals surface area contributed by atoms with Crippen LogP contribution >= 0.6 is 0 Å². The van der Waals surface area contributed by atoms with Crippen molar-refractivity contribution < 1.29 is 18.7 Å². The number of amides is 1. The van der Waals surface area contributed by atoms with E-state index in [0.717, 1.165) is 11.3 Å². The molecule has 28 heavy (non-hydrogen) atoms. The number of rotatable bonds is 7. The van der Waals surface area contributed by atoms with E-state index in [2.05, 4.69) is 10.3 Å². The molecule has 3 aromatic rings. The highest BCUT2D eigenvalue weighted by atomic mass is 19.1. The maximum absolute atomic E-state index is 13.0. The van der Waals surface area contributed by atoms with Crippen molar-refractivity contribution in [3.05, 3.63) is 78.1 Å². The normalized spacial score (nSPS) is 12.9. The van der Waals surface area contributed by atoms with E-state index in [1.165, 1.54) is 24.3 Å². The molecule has 7 heteroatoms. The van der Waals surface area contributed by atoms with Gasteiger partial charge in [-0.15, -0.1) is 0 Å². The van der Waals surface area contributed by atoms with Crippen molar-refractivity contribution in [2.75, 3.05) is 7.11 Å². The van der Waals surface area contributed by atoms with Gasteiger partial charge in [0.2, 0.25) is 0 Å². The van der Waals surface area contributed by atoms with E-state index in [9.17, 15) is 9.18 Å². The van der Waals surface area contributed by atoms with Gasteiger partial charge < -0.3 is 19.4 Å². The smallest absolute Gasteiger partial charge is 0.261 e. The number of halogens is 1. The molecule has 0 unspecified atom stereocenters. The molecule has 0 radical (unpaired) electrons. The lowest BCUT2D eigenvalue weighted by Crippen LogP contribution is -2.39. The Labute approximate surface area is 162 Å². The highest BCUT2D eigenvalue weighted by Gasteiger charge is 2.24. The van der Waals surface area contributed by atoms with Gasteiger partial charge in [0.05, 0.1) is 7.11 Å². The molecule has 0 aliphatic carbocycles. The predicted molar refractivity (Wildman–Crippen MR) is 103 cm³/mol. The van der Waals surface area contributed by atoms with E-state index in [0.29, 0.717) is 11.6 Å². The summed E-state index contributed by atoms with van der Waals surface area (Å²) in [7, 11) is 3.46. The molecule has 0 bridgehead atoms. The first-order chi connectivity index (χ1) is 13.5. The average molecular weight is 383 g/mol. The minimum atomic E-state index is -0.772. The largest absolute Gasteiger partial charge is 0.497 e. The Morgan fingerprint density at radius 3 is 2.32 bits per heavy atom. The molecule has 6 nitrogen and oxygen atoms in total. The zero-order chi connectivity index (χ0) is 20.1. The van der Waals surface area contributed by atoms with Gasteiger partial charge in [-0.05, 0) is 48.9 Å². The number of nitrogens with one attached hydrogen (secondary N) is 1. The highest BCUT2D eigenvalue weighted by Crippen LogP contribution is 2.23. The summed E-state index contributed by atoms with van der Waals surface area (Å²) in [6, 6.07) is 12.5. The third-order valence-corrected chi connectivity index (χ3v) is 4.35. The first kappa shape index (κ1) is 19.4. The van der Waals surface area contributed by atoms with Gasteiger partial charge in [-0.25, -0.2) is 9.37 Å². The average Bonchev–Trinajstić information content (AvgIpc) is 3.13. The van der Waals surface area contributed by atoms with Gasteiger partial charge in [0.1, 0.15) is 29.2 Å². The molecule has 1 N–H and O–H groups in total. The molecule has 0 saturated carbocycles. The van der Waals surface area contributed by atoms with Crippen molar-refractivity contribution in [2.24, 2.45) is 7.05 Å². The Morgan fingerprint density at radius 2 is 1.75 bits per heavy atom. The van der Waals surface area contributed by atoms with Crippen LogP contribution in [0.3, 0.4) is 0 Å². The maximum atomic E-state index is 13.0. The second kappa shape index (κ2) is 8.56. The molecule has 1 aromatic heterocycles. The van der Waals surface area contributed by atoms with Crippen LogP contribution in [0.5, 0.6) is 11.5 Å². The minimum absolute atomic E-state index is 0.312. The van der Waals surface area contributed by atoms with Crippen LogP contribution in [0.2, 0.25) is 0 Å². The monoisotopic (exact) mass is 383 g/mol. The van der Waals surface area contributed by atoms with Gasteiger partial charge in [-0.3, -0.25) is 4.79 Å². The van der Waals surface area contributed by atoms with Crippen LogP contribution in [0.15, 0.2) is 60.9 Å². The van der Waals surface area contributed by atoms with Gasteiger partial charge in [-0.2, -0.15) is 0 Å². The quantitative estimate of drug-likeness (QED) is 0.680. The maximum Gasteiger partial charge on any atom is 0.261 e. The Hall–Kier alpha value is -3.35. The number of benzene rings is 2. The first-order valence-corrected chi connectivity index (χ1v) is 8.81.